The maximum atomic E-state index is 13.3. The minimum atomic E-state index is -0.335. The van der Waals surface area contributed by atoms with E-state index in [9.17, 15) is 9.59 Å². The minimum absolute atomic E-state index is 0.00784. The van der Waals surface area contributed by atoms with Crippen molar-refractivity contribution in [3.8, 4) is 5.75 Å². The first-order valence-electron chi connectivity index (χ1n) is 10.4. The highest BCUT2D eigenvalue weighted by Crippen LogP contribution is 2.33. The molecule has 3 aromatic carbocycles. The van der Waals surface area contributed by atoms with E-state index in [1.54, 1.807) is 49.6 Å². The zero-order valence-electron chi connectivity index (χ0n) is 18.6. The number of amides is 1. The molecule has 1 aromatic heterocycles. The number of carbonyl (C=O) groups is 2. The van der Waals surface area contributed by atoms with Crippen molar-refractivity contribution in [2.75, 3.05) is 12.4 Å². The Morgan fingerprint density at radius 3 is 2.28 bits per heavy atom. The van der Waals surface area contributed by atoms with Gasteiger partial charge in [-0.1, -0.05) is 57.2 Å². The van der Waals surface area contributed by atoms with Crippen molar-refractivity contribution in [1.29, 1.82) is 0 Å². The fraction of sp³-hybridized carbons (Fsp3) is 0.185. The van der Waals surface area contributed by atoms with Gasteiger partial charge in [0.1, 0.15) is 11.3 Å². The van der Waals surface area contributed by atoms with Crippen LogP contribution in [0.4, 0.5) is 5.69 Å². The summed E-state index contributed by atoms with van der Waals surface area (Å²) in [6.07, 6.45) is 0. The van der Waals surface area contributed by atoms with E-state index in [1.165, 1.54) is 0 Å². The van der Waals surface area contributed by atoms with Crippen LogP contribution in [0.1, 0.15) is 52.8 Å². The van der Waals surface area contributed by atoms with E-state index in [2.05, 4.69) is 26.1 Å². The highest BCUT2D eigenvalue weighted by atomic mass is 16.5. The molecular formula is C27H25NO4. The molecule has 0 spiro atoms. The molecule has 0 saturated carbocycles. The molecule has 0 fully saturated rings. The number of hydrogen-bond donors (Lipinski definition) is 1. The van der Waals surface area contributed by atoms with Crippen LogP contribution in [0.5, 0.6) is 5.75 Å². The van der Waals surface area contributed by atoms with Crippen molar-refractivity contribution in [2.24, 2.45) is 0 Å². The van der Waals surface area contributed by atoms with Gasteiger partial charge in [-0.3, -0.25) is 9.59 Å². The third-order valence-corrected chi connectivity index (χ3v) is 5.39. The summed E-state index contributed by atoms with van der Waals surface area (Å²) in [5.41, 5.74) is 2.93. The third-order valence-electron chi connectivity index (χ3n) is 5.39. The molecule has 5 nitrogen and oxygen atoms in total. The number of carbonyl (C=O) groups excluding carboxylic acids is 2. The molecule has 0 unspecified atom stereocenters. The fourth-order valence-electron chi connectivity index (χ4n) is 3.53. The zero-order valence-corrected chi connectivity index (χ0v) is 18.6. The Bertz CT molecular complexity index is 1290. The van der Waals surface area contributed by atoms with Gasteiger partial charge in [-0.05, 0) is 47.4 Å². The quantitative estimate of drug-likeness (QED) is 0.384. The van der Waals surface area contributed by atoms with Gasteiger partial charge in [0.25, 0.3) is 5.91 Å². The van der Waals surface area contributed by atoms with Crippen LogP contribution in [-0.2, 0) is 5.41 Å². The van der Waals surface area contributed by atoms with Crippen LogP contribution < -0.4 is 10.1 Å². The van der Waals surface area contributed by atoms with E-state index in [1.807, 2.05) is 30.3 Å². The molecule has 4 rings (SSSR count). The Labute approximate surface area is 187 Å². The summed E-state index contributed by atoms with van der Waals surface area (Å²) in [6.45, 7) is 6.36. The van der Waals surface area contributed by atoms with E-state index >= 15 is 0 Å². The minimum Gasteiger partial charge on any atom is -0.497 e. The third kappa shape index (κ3) is 4.14. The van der Waals surface area contributed by atoms with Gasteiger partial charge >= 0.3 is 0 Å². The second kappa shape index (κ2) is 8.35. The lowest BCUT2D eigenvalue weighted by Crippen LogP contribution is -2.15. The molecule has 0 aliphatic rings. The van der Waals surface area contributed by atoms with E-state index in [0.29, 0.717) is 33.5 Å². The number of para-hydroxylation sites is 1. The van der Waals surface area contributed by atoms with E-state index in [0.717, 1.165) is 5.56 Å². The summed E-state index contributed by atoms with van der Waals surface area (Å²) in [4.78, 5) is 26.3. The van der Waals surface area contributed by atoms with Gasteiger partial charge in [0.2, 0.25) is 5.78 Å². The van der Waals surface area contributed by atoms with Crippen molar-refractivity contribution in [3.63, 3.8) is 0 Å². The first-order valence-corrected chi connectivity index (χ1v) is 10.4. The Kier molecular flexibility index (Phi) is 5.57. The highest BCUT2D eigenvalue weighted by Gasteiger charge is 2.24. The van der Waals surface area contributed by atoms with Crippen LogP contribution in [0.25, 0.3) is 11.0 Å². The molecule has 0 saturated heterocycles. The lowest BCUT2D eigenvalue weighted by atomic mass is 9.86. The zero-order chi connectivity index (χ0) is 22.9. The van der Waals surface area contributed by atoms with Gasteiger partial charge in [-0.25, -0.2) is 0 Å². The van der Waals surface area contributed by atoms with Crippen LogP contribution in [0.3, 0.4) is 0 Å². The maximum absolute atomic E-state index is 13.3. The fourth-order valence-corrected chi connectivity index (χ4v) is 3.53. The standard InChI is InChI=1S/C27H25NO4/c1-27(2,3)19-14-12-17(13-15-19)26(30)28-23-21-10-5-6-11-22(21)32-25(23)24(29)18-8-7-9-20(16-18)31-4/h5-16H,1-4H3,(H,28,30). The van der Waals surface area contributed by atoms with Crippen molar-refractivity contribution >= 4 is 28.3 Å². The van der Waals surface area contributed by atoms with E-state index in [-0.39, 0.29) is 22.9 Å². The van der Waals surface area contributed by atoms with Gasteiger partial charge in [0.15, 0.2) is 5.76 Å². The number of furan rings is 1. The number of fused-ring (bicyclic) bond motifs is 1. The molecule has 0 bridgehead atoms. The summed E-state index contributed by atoms with van der Waals surface area (Å²) in [6, 6.07) is 21.6. The molecule has 162 valence electrons. The smallest absolute Gasteiger partial charge is 0.255 e. The molecule has 4 aromatic rings. The summed E-state index contributed by atoms with van der Waals surface area (Å²) in [7, 11) is 1.54. The number of benzene rings is 3. The first kappa shape index (κ1) is 21.4. The van der Waals surface area contributed by atoms with Gasteiger partial charge in [0, 0.05) is 16.5 Å². The van der Waals surface area contributed by atoms with Gasteiger partial charge in [-0.15, -0.1) is 0 Å². The SMILES string of the molecule is COc1cccc(C(=O)c2oc3ccccc3c2NC(=O)c2ccc(C(C)(C)C)cc2)c1. The summed E-state index contributed by atoms with van der Waals surface area (Å²) >= 11 is 0. The summed E-state index contributed by atoms with van der Waals surface area (Å²) in [5, 5.41) is 3.57. The van der Waals surface area contributed by atoms with Crippen LogP contribution in [0.2, 0.25) is 0 Å². The molecule has 1 N–H and O–H groups in total. The van der Waals surface area contributed by atoms with Gasteiger partial charge < -0.3 is 14.5 Å². The predicted molar refractivity (Wildman–Crippen MR) is 126 cm³/mol. The number of ether oxygens (including phenoxy) is 1. The molecule has 5 heteroatoms. The average Bonchev–Trinajstić information content (AvgIpc) is 3.16. The first-order chi connectivity index (χ1) is 15.3. The average molecular weight is 428 g/mol. The lowest BCUT2D eigenvalue weighted by Gasteiger charge is -2.19. The van der Waals surface area contributed by atoms with Crippen LogP contribution in [0, 0.1) is 0 Å². The van der Waals surface area contributed by atoms with Crippen molar-refractivity contribution in [2.45, 2.75) is 26.2 Å². The van der Waals surface area contributed by atoms with Gasteiger partial charge in [-0.2, -0.15) is 0 Å². The second-order valence-corrected chi connectivity index (χ2v) is 8.64. The number of nitrogens with one attached hydrogen (secondary N) is 1. The van der Waals surface area contributed by atoms with E-state index in [4.69, 9.17) is 9.15 Å². The maximum Gasteiger partial charge on any atom is 0.255 e. The lowest BCUT2D eigenvalue weighted by molar-refractivity contribution is 0.101. The van der Waals surface area contributed by atoms with Crippen LogP contribution in [0.15, 0.2) is 77.2 Å². The Morgan fingerprint density at radius 1 is 0.875 bits per heavy atom. The van der Waals surface area contributed by atoms with Crippen LogP contribution >= 0.6 is 0 Å². The largest absolute Gasteiger partial charge is 0.497 e. The second-order valence-electron chi connectivity index (χ2n) is 8.64. The topological polar surface area (TPSA) is 68.5 Å². The summed E-state index contributed by atoms with van der Waals surface area (Å²) in [5.74, 6) is 0.00536. The molecule has 0 aliphatic carbocycles. The van der Waals surface area contributed by atoms with Gasteiger partial charge in [0.05, 0.1) is 12.8 Å². The van der Waals surface area contributed by atoms with Crippen molar-refractivity contribution in [3.05, 3.63) is 95.2 Å². The molecule has 1 heterocycles. The summed E-state index contributed by atoms with van der Waals surface area (Å²) < 4.78 is 11.1. The number of ketones is 1. The monoisotopic (exact) mass is 427 g/mol. The molecule has 32 heavy (non-hydrogen) atoms. The molecule has 1 amide bonds. The van der Waals surface area contributed by atoms with Crippen LogP contribution in [-0.4, -0.2) is 18.8 Å². The Balaban J connectivity index is 1.72. The van der Waals surface area contributed by atoms with Crippen molar-refractivity contribution < 1.29 is 18.7 Å². The molecule has 0 aliphatic heterocycles. The number of hydrogen-bond acceptors (Lipinski definition) is 4. The Hall–Kier alpha value is -3.86. The van der Waals surface area contributed by atoms with E-state index < -0.39 is 0 Å². The predicted octanol–water partition coefficient (Wildman–Crippen LogP) is 6.22. The molecule has 0 radical (unpaired) electrons. The highest BCUT2D eigenvalue weighted by molar-refractivity contribution is 6.18. The Morgan fingerprint density at radius 2 is 1.59 bits per heavy atom. The number of anilines is 1. The number of rotatable bonds is 5. The van der Waals surface area contributed by atoms with Crippen molar-refractivity contribution in [1.82, 2.24) is 0 Å². The number of methoxy groups -OCH3 is 1. The molecule has 0 atom stereocenters. The molecular weight excluding hydrogens is 402 g/mol. The normalized spacial score (nSPS) is 11.4.